The van der Waals surface area contributed by atoms with Crippen LogP contribution in [0.4, 0.5) is 0 Å². The van der Waals surface area contributed by atoms with E-state index in [1.54, 1.807) is 13.0 Å². The molecule has 0 fully saturated rings. The largest absolute Gasteiger partial charge is 0.469 e. The van der Waals surface area contributed by atoms with Crippen LogP contribution in [0, 0.1) is 5.92 Å². The highest BCUT2D eigenvalue weighted by atomic mass is 32.1. The Kier molecular flexibility index (Phi) is 3.45. The van der Waals surface area contributed by atoms with Crippen molar-refractivity contribution in [2.24, 2.45) is 5.92 Å². The van der Waals surface area contributed by atoms with Gasteiger partial charge < -0.3 is 9.84 Å². The Labute approximate surface area is 81.0 Å². The second-order valence-electron chi connectivity index (χ2n) is 2.81. The van der Waals surface area contributed by atoms with Crippen molar-refractivity contribution in [3.63, 3.8) is 0 Å². The van der Waals surface area contributed by atoms with Crippen molar-refractivity contribution < 1.29 is 14.6 Å². The molecule has 2 atom stereocenters. The number of thiophene rings is 1. The lowest BCUT2D eigenvalue weighted by Gasteiger charge is -2.14. The van der Waals surface area contributed by atoms with Gasteiger partial charge in [0.25, 0.3) is 0 Å². The lowest BCUT2D eigenvalue weighted by Crippen LogP contribution is -2.20. The van der Waals surface area contributed by atoms with Crippen LogP contribution >= 0.6 is 11.3 Å². The molecule has 0 spiro atoms. The summed E-state index contributed by atoms with van der Waals surface area (Å²) >= 11 is 1.49. The van der Waals surface area contributed by atoms with Gasteiger partial charge in [-0.1, -0.05) is 0 Å². The van der Waals surface area contributed by atoms with E-state index in [4.69, 9.17) is 0 Å². The summed E-state index contributed by atoms with van der Waals surface area (Å²) in [7, 11) is 1.32. The van der Waals surface area contributed by atoms with Crippen LogP contribution in [0.2, 0.25) is 0 Å². The monoisotopic (exact) mass is 200 g/mol. The molecule has 0 radical (unpaired) electrons. The van der Waals surface area contributed by atoms with Gasteiger partial charge in [0.15, 0.2) is 0 Å². The Morgan fingerprint density at radius 1 is 1.69 bits per heavy atom. The van der Waals surface area contributed by atoms with Crippen molar-refractivity contribution in [3.05, 3.63) is 22.4 Å². The molecule has 0 aliphatic carbocycles. The number of aliphatic hydroxyl groups is 1. The Morgan fingerprint density at radius 3 is 2.85 bits per heavy atom. The number of esters is 1. The van der Waals surface area contributed by atoms with Crippen molar-refractivity contribution in [3.8, 4) is 0 Å². The van der Waals surface area contributed by atoms with E-state index in [9.17, 15) is 9.90 Å². The van der Waals surface area contributed by atoms with E-state index in [0.717, 1.165) is 5.56 Å². The topological polar surface area (TPSA) is 46.5 Å². The second kappa shape index (κ2) is 4.39. The highest BCUT2D eigenvalue weighted by molar-refractivity contribution is 7.07. The average Bonchev–Trinajstić information content (AvgIpc) is 2.67. The highest BCUT2D eigenvalue weighted by Gasteiger charge is 2.24. The standard InChI is InChI=1S/C9H12O3S/c1-6(9(11)12-2)8(10)7-3-4-13-5-7/h3-6,8,10H,1-2H3/t6-,8?/m0/s1. The lowest BCUT2D eigenvalue weighted by atomic mass is 10.0. The van der Waals surface area contributed by atoms with Gasteiger partial charge in [-0.2, -0.15) is 11.3 Å². The van der Waals surface area contributed by atoms with Gasteiger partial charge in [0, 0.05) is 0 Å². The van der Waals surface area contributed by atoms with Crippen LogP contribution < -0.4 is 0 Å². The maximum Gasteiger partial charge on any atom is 0.311 e. The van der Waals surface area contributed by atoms with Gasteiger partial charge in [-0.05, 0) is 29.3 Å². The molecule has 3 nitrogen and oxygen atoms in total. The third-order valence-electron chi connectivity index (χ3n) is 1.93. The molecule has 0 bridgehead atoms. The summed E-state index contributed by atoms with van der Waals surface area (Å²) in [5.41, 5.74) is 0.767. The number of carbonyl (C=O) groups excluding carboxylic acids is 1. The first-order valence-corrected chi connectivity index (χ1v) is 4.89. The molecule has 0 saturated heterocycles. The number of carbonyl (C=O) groups is 1. The van der Waals surface area contributed by atoms with Gasteiger partial charge in [-0.15, -0.1) is 0 Å². The lowest BCUT2D eigenvalue weighted by molar-refractivity contribution is -0.148. The van der Waals surface area contributed by atoms with Crippen molar-refractivity contribution >= 4 is 17.3 Å². The van der Waals surface area contributed by atoms with Gasteiger partial charge in [0.05, 0.1) is 19.1 Å². The fourth-order valence-electron chi connectivity index (χ4n) is 1.05. The second-order valence-corrected chi connectivity index (χ2v) is 3.59. The molecule has 0 aromatic carbocycles. The molecule has 1 unspecified atom stereocenters. The number of aliphatic hydroxyl groups excluding tert-OH is 1. The predicted molar refractivity (Wildman–Crippen MR) is 50.5 cm³/mol. The van der Waals surface area contributed by atoms with Gasteiger partial charge in [0.2, 0.25) is 0 Å². The number of rotatable bonds is 3. The maximum absolute atomic E-state index is 11.1. The summed E-state index contributed by atoms with van der Waals surface area (Å²) in [6, 6.07) is 1.80. The molecule has 0 amide bonds. The van der Waals surface area contributed by atoms with Crippen LogP contribution in [0.5, 0.6) is 0 Å². The Hall–Kier alpha value is -0.870. The van der Waals surface area contributed by atoms with Crippen LogP contribution in [0.1, 0.15) is 18.6 Å². The molecule has 1 aromatic rings. The molecule has 1 rings (SSSR count). The molecular formula is C9H12O3S. The predicted octanol–water partition coefficient (Wildman–Crippen LogP) is 1.59. The quantitative estimate of drug-likeness (QED) is 0.754. The summed E-state index contributed by atoms with van der Waals surface area (Å²) in [4.78, 5) is 11.1. The van der Waals surface area contributed by atoms with Crippen LogP contribution in [-0.2, 0) is 9.53 Å². The summed E-state index contributed by atoms with van der Waals surface area (Å²) < 4.78 is 4.54. The van der Waals surface area contributed by atoms with Crippen LogP contribution in [-0.4, -0.2) is 18.2 Å². The summed E-state index contributed by atoms with van der Waals surface area (Å²) in [5, 5.41) is 13.4. The normalized spacial score (nSPS) is 15.0. The Bertz CT molecular complexity index is 268. The first kappa shape index (κ1) is 10.2. The summed E-state index contributed by atoms with van der Waals surface area (Å²) in [6.45, 7) is 1.65. The molecule has 1 aromatic heterocycles. The third-order valence-corrected chi connectivity index (χ3v) is 2.63. The minimum absolute atomic E-state index is 0.390. The summed E-state index contributed by atoms with van der Waals surface area (Å²) in [6.07, 6.45) is -0.765. The number of methoxy groups -OCH3 is 1. The molecule has 72 valence electrons. The fraction of sp³-hybridized carbons (Fsp3) is 0.444. The Morgan fingerprint density at radius 2 is 2.38 bits per heavy atom. The molecule has 4 heteroatoms. The zero-order chi connectivity index (χ0) is 9.84. The van der Waals surface area contributed by atoms with E-state index in [0.29, 0.717) is 0 Å². The number of hydrogen-bond acceptors (Lipinski definition) is 4. The maximum atomic E-state index is 11.1. The van der Waals surface area contributed by atoms with Crippen molar-refractivity contribution in [1.29, 1.82) is 0 Å². The van der Waals surface area contributed by atoms with Crippen LogP contribution in [0.3, 0.4) is 0 Å². The molecule has 1 N–H and O–H groups in total. The molecule has 0 aliphatic heterocycles. The van der Waals surface area contributed by atoms with Crippen molar-refractivity contribution in [2.45, 2.75) is 13.0 Å². The minimum Gasteiger partial charge on any atom is -0.469 e. The first-order valence-electron chi connectivity index (χ1n) is 3.94. The zero-order valence-corrected chi connectivity index (χ0v) is 8.38. The minimum atomic E-state index is -0.765. The molecule has 13 heavy (non-hydrogen) atoms. The van der Waals surface area contributed by atoms with E-state index in [-0.39, 0.29) is 0 Å². The van der Waals surface area contributed by atoms with E-state index in [1.165, 1.54) is 18.4 Å². The van der Waals surface area contributed by atoms with Crippen molar-refractivity contribution in [1.82, 2.24) is 0 Å². The van der Waals surface area contributed by atoms with Crippen LogP contribution in [0.25, 0.3) is 0 Å². The zero-order valence-electron chi connectivity index (χ0n) is 7.56. The van der Waals surface area contributed by atoms with Gasteiger partial charge in [-0.25, -0.2) is 0 Å². The van der Waals surface area contributed by atoms with E-state index in [2.05, 4.69) is 4.74 Å². The van der Waals surface area contributed by atoms with Gasteiger partial charge in [0.1, 0.15) is 0 Å². The van der Waals surface area contributed by atoms with E-state index in [1.807, 2.05) is 10.8 Å². The first-order chi connectivity index (χ1) is 6.16. The smallest absolute Gasteiger partial charge is 0.311 e. The molecule has 0 aliphatic rings. The summed E-state index contributed by atoms with van der Waals surface area (Å²) in [5.74, 6) is -0.904. The molecule has 0 saturated carbocycles. The van der Waals surface area contributed by atoms with E-state index < -0.39 is 18.0 Å². The third kappa shape index (κ3) is 2.29. The molecule has 1 heterocycles. The SMILES string of the molecule is COC(=O)[C@@H](C)C(O)c1ccsc1. The van der Waals surface area contributed by atoms with E-state index >= 15 is 0 Å². The number of hydrogen-bond donors (Lipinski definition) is 1. The number of ether oxygens (including phenoxy) is 1. The van der Waals surface area contributed by atoms with Gasteiger partial charge >= 0.3 is 5.97 Å². The van der Waals surface area contributed by atoms with Gasteiger partial charge in [-0.3, -0.25) is 4.79 Å². The average molecular weight is 200 g/mol. The van der Waals surface area contributed by atoms with Crippen LogP contribution in [0.15, 0.2) is 16.8 Å². The highest BCUT2D eigenvalue weighted by Crippen LogP contribution is 2.24. The fourth-order valence-corrected chi connectivity index (χ4v) is 1.74. The molecular weight excluding hydrogens is 188 g/mol. The van der Waals surface area contributed by atoms with Crippen molar-refractivity contribution in [2.75, 3.05) is 7.11 Å². The Balaban J connectivity index is 2.68.